The molecular formula is C8H8F3N3O. The van der Waals surface area contributed by atoms with Gasteiger partial charge in [-0.1, -0.05) is 0 Å². The fourth-order valence-corrected chi connectivity index (χ4v) is 1.75. The summed E-state index contributed by atoms with van der Waals surface area (Å²) in [6, 6.07) is -1.91. The first-order valence-corrected chi connectivity index (χ1v) is 4.34. The molecule has 0 bridgehead atoms. The molecule has 1 aliphatic heterocycles. The van der Waals surface area contributed by atoms with E-state index in [4.69, 9.17) is 0 Å². The van der Waals surface area contributed by atoms with Gasteiger partial charge in [-0.05, 0) is 0 Å². The van der Waals surface area contributed by atoms with Crippen LogP contribution in [-0.4, -0.2) is 34.0 Å². The van der Waals surface area contributed by atoms with Crippen molar-refractivity contribution in [3.8, 4) is 0 Å². The number of H-pyrrole nitrogens is 1. The number of aromatic amines is 1. The average Bonchev–Trinajstić information content (AvgIpc) is 2.61. The highest BCUT2D eigenvalue weighted by atomic mass is 19.4. The predicted molar refractivity (Wildman–Crippen MR) is 43.9 cm³/mol. The van der Waals surface area contributed by atoms with Gasteiger partial charge in [0, 0.05) is 18.7 Å². The van der Waals surface area contributed by atoms with Crippen molar-refractivity contribution < 1.29 is 18.0 Å². The van der Waals surface area contributed by atoms with Gasteiger partial charge < -0.3 is 9.88 Å². The van der Waals surface area contributed by atoms with Crippen molar-refractivity contribution in [2.24, 2.45) is 0 Å². The zero-order chi connectivity index (χ0) is 11.1. The van der Waals surface area contributed by atoms with Gasteiger partial charge in [-0.15, -0.1) is 0 Å². The SMILES string of the molecule is O=CN1CCc2[nH]cnc2C1C(F)(F)F. The summed E-state index contributed by atoms with van der Waals surface area (Å²) in [6.45, 7) is 0.0584. The lowest BCUT2D eigenvalue weighted by molar-refractivity contribution is -0.190. The van der Waals surface area contributed by atoms with Gasteiger partial charge in [0.1, 0.15) is 0 Å². The van der Waals surface area contributed by atoms with Gasteiger partial charge in [0.2, 0.25) is 6.41 Å². The van der Waals surface area contributed by atoms with Crippen molar-refractivity contribution >= 4 is 6.41 Å². The number of amides is 1. The average molecular weight is 219 g/mol. The van der Waals surface area contributed by atoms with E-state index in [1.807, 2.05) is 0 Å². The van der Waals surface area contributed by atoms with Crippen LogP contribution in [0, 0.1) is 0 Å². The van der Waals surface area contributed by atoms with E-state index in [0.29, 0.717) is 12.1 Å². The number of fused-ring (bicyclic) bond motifs is 1. The highest BCUT2D eigenvalue weighted by molar-refractivity contribution is 5.50. The van der Waals surface area contributed by atoms with Crippen LogP contribution < -0.4 is 0 Å². The highest BCUT2D eigenvalue weighted by Gasteiger charge is 2.48. The molecule has 0 aliphatic carbocycles. The van der Waals surface area contributed by atoms with Crippen molar-refractivity contribution in [1.82, 2.24) is 14.9 Å². The summed E-state index contributed by atoms with van der Waals surface area (Å²) in [5, 5.41) is 0. The lowest BCUT2D eigenvalue weighted by Crippen LogP contribution is -2.42. The maximum atomic E-state index is 12.7. The molecule has 1 aromatic rings. The maximum Gasteiger partial charge on any atom is 0.414 e. The fourth-order valence-electron chi connectivity index (χ4n) is 1.75. The third-order valence-electron chi connectivity index (χ3n) is 2.41. The molecule has 7 heteroatoms. The van der Waals surface area contributed by atoms with Crippen molar-refractivity contribution in [2.45, 2.75) is 18.6 Å². The van der Waals surface area contributed by atoms with Crippen molar-refractivity contribution in [3.05, 3.63) is 17.7 Å². The first-order valence-electron chi connectivity index (χ1n) is 4.34. The van der Waals surface area contributed by atoms with E-state index in [0.717, 1.165) is 4.90 Å². The molecule has 1 atom stereocenters. The number of carbonyl (C=O) groups excluding carboxylic acids is 1. The van der Waals surface area contributed by atoms with Gasteiger partial charge in [0.05, 0.1) is 12.0 Å². The Kier molecular flexibility index (Phi) is 2.17. The zero-order valence-electron chi connectivity index (χ0n) is 7.58. The van der Waals surface area contributed by atoms with E-state index >= 15 is 0 Å². The Morgan fingerprint density at radius 3 is 2.93 bits per heavy atom. The molecule has 4 nitrogen and oxygen atoms in total. The largest absolute Gasteiger partial charge is 0.414 e. The van der Waals surface area contributed by atoms with Crippen molar-refractivity contribution in [3.63, 3.8) is 0 Å². The van der Waals surface area contributed by atoms with Crippen LogP contribution in [0.5, 0.6) is 0 Å². The molecule has 1 aliphatic rings. The molecule has 82 valence electrons. The lowest BCUT2D eigenvalue weighted by atomic mass is 10.0. The molecule has 0 fully saturated rings. The van der Waals surface area contributed by atoms with Crippen molar-refractivity contribution in [2.75, 3.05) is 6.54 Å². The molecule has 1 N–H and O–H groups in total. The van der Waals surface area contributed by atoms with E-state index in [2.05, 4.69) is 9.97 Å². The quantitative estimate of drug-likeness (QED) is 0.717. The molecule has 2 heterocycles. The number of nitrogens with zero attached hydrogens (tertiary/aromatic N) is 2. The molecule has 0 saturated heterocycles. The van der Waals surface area contributed by atoms with Crippen LogP contribution in [-0.2, 0) is 11.2 Å². The van der Waals surface area contributed by atoms with Crippen LogP contribution in [0.25, 0.3) is 0 Å². The number of hydrogen-bond acceptors (Lipinski definition) is 2. The van der Waals surface area contributed by atoms with E-state index < -0.39 is 12.2 Å². The smallest absolute Gasteiger partial charge is 0.348 e. The number of aromatic nitrogens is 2. The predicted octanol–water partition coefficient (Wildman–Crippen LogP) is 1.03. The Labute approximate surface area is 83.1 Å². The number of halogens is 3. The van der Waals surface area contributed by atoms with E-state index in [9.17, 15) is 18.0 Å². The van der Waals surface area contributed by atoms with Gasteiger partial charge in [-0.2, -0.15) is 13.2 Å². The third kappa shape index (κ3) is 1.57. The molecule has 1 aromatic heterocycles. The first kappa shape index (κ1) is 10.0. The summed E-state index contributed by atoms with van der Waals surface area (Å²) in [5.74, 6) is 0. The summed E-state index contributed by atoms with van der Waals surface area (Å²) in [6.07, 6.45) is -2.67. The second-order valence-electron chi connectivity index (χ2n) is 3.30. The van der Waals surface area contributed by atoms with Gasteiger partial charge >= 0.3 is 6.18 Å². The Morgan fingerprint density at radius 2 is 2.33 bits per heavy atom. The minimum absolute atomic E-state index is 0.0584. The van der Waals surface area contributed by atoms with Crippen LogP contribution in [0.1, 0.15) is 17.4 Å². The monoisotopic (exact) mass is 219 g/mol. The van der Waals surface area contributed by atoms with Crippen molar-refractivity contribution in [1.29, 1.82) is 0 Å². The summed E-state index contributed by atoms with van der Waals surface area (Å²) in [7, 11) is 0. The number of hydrogen-bond donors (Lipinski definition) is 1. The summed E-state index contributed by atoms with van der Waals surface area (Å²) in [5.41, 5.74) is 0.358. The number of imidazole rings is 1. The molecular weight excluding hydrogens is 211 g/mol. The summed E-state index contributed by atoms with van der Waals surface area (Å²) < 4.78 is 38.0. The van der Waals surface area contributed by atoms with Gasteiger partial charge in [0.25, 0.3) is 0 Å². The number of nitrogens with one attached hydrogen (secondary N) is 1. The molecule has 15 heavy (non-hydrogen) atoms. The lowest BCUT2D eigenvalue weighted by Gasteiger charge is -2.32. The highest BCUT2D eigenvalue weighted by Crippen LogP contribution is 2.39. The molecule has 1 unspecified atom stereocenters. The topological polar surface area (TPSA) is 49.0 Å². The fraction of sp³-hybridized carbons (Fsp3) is 0.500. The Hall–Kier alpha value is -1.53. The molecule has 1 amide bonds. The second kappa shape index (κ2) is 3.25. The minimum atomic E-state index is -4.48. The Morgan fingerprint density at radius 1 is 1.60 bits per heavy atom. The number of carbonyl (C=O) groups is 1. The van der Waals surface area contributed by atoms with Crippen LogP contribution in [0.15, 0.2) is 6.33 Å². The molecule has 0 aromatic carbocycles. The standard InChI is InChI=1S/C8H8F3N3O/c9-8(10,11)7-6-5(12-3-13-6)1-2-14(7)4-15/h3-4,7H,1-2H2,(H,12,13). The van der Waals surface area contributed by atoms with E-state index in [-0.39, 0.29) is 18.6 Å². The Bertz CT molecular complexity index is 373. The van der Waals surface area contributed by atoms with Gasteiger partial charge in [-0.25, -0.2) is 4.98 Å². The molecule has 0 radical (unpaired) electrons. The van der Waals surface area contributed by atoms with Crippen LogP contribution >= 0.6 is 0 Å². The van der Waals surface area contributed by atoms with E-state index in [1.165, 1.54) is 6.33 Å². The first-order chi connectivity index (χ1) is 7.04. The zero-order valence-corrected chi connectivity index (χ0v) is 7.58. The summed E-state index contributed by atoms with van der Waals surface area (Å²) in [4.78, 5) is 17.5. The number of alkyl halides is 3. The maximum absolute atomic E-state index is 12.7. The third-order valence-corrected chi connectivity index (χ3v) is 2.41. The number of rotatable bonds is 1. The van der Waals surface area contributed by atoms with Gasteiger partial charge in [0.15, 0.2) is 6.04 Å². The van der Waals surface area contributed by atoms with Crippen LogP contribution in [0.4, 0.5) is 13.2 Å². The normalized spacial score (nSPS) is 21.3. The molecule has 0 saturated carbocycles. The van der Waals surface area contributed by atoms with Crippen LogP contribution in [0.3, 0.4) is 0 Å². The minimum Gasteiger partial charge on any atom is -0.348 e. The van der Waals surface area contributed by atoms with Crippen LogP contribution in [0.2, 0.25) is 0 Å². The molecule has 0 spiro atoms. The van der Waals surface area contributed by atoms with Gasteiger partial charge in [-0.3, -0.25) is 4.79 Å². The summed E-state index contributed by atoms with van der Waals surface area (Å²) >= 11 is 0. The van der Waals surface area contributed by atoms with E-state index in [1.54, 1.807) is 0 Å². The second-order valence-corrected chi connectivity index (χ2v) is 3.30. The molecule has 2 rings (SSSR count). The Balaban J connectivity index is 2.44.